The second-order valence-electron chi connectivity index (χ2n) is 4.60. The van der Waals surface area contributed by atoms with Crippen molar-refractivity contribution >= 4 is 39.5 Å². The van der Waals surface area contributed by atoms with Crippen LogP contribution >= 0.6 is 39.5 Å². The average Bonchev–Trinajstić information content (AvgIpc) is 2.85. The topological polar surface area (TPSA) is 0 Å². The Kier molecular flexibility index (Phi) is 3.55. The lowest BCUT2D eigenvalue weighted by Crippen LogP contribution is -2.17. The Morgan fingerprint density at radius 2 is 2.12 bits per heavy atom. The third-order valence-electron chi connectivity index (χ3n) is 3.40. The lowest BCUT2D eigenvalue weighted by atomic mass is 9.99. The van der Waals surface area contributed by atoms with Gasteiger partial charge in [-0.05, 0) is 36.1 Å². The lowest BCUT2D eigenvalue weighted by Gasteiger charge is -2.16. The van der Waals surface area contributed by atoms with Gasteiger partial charge in [0.2, 0.25) is 0 Å². The van der Waals surface area contributed by atoms with E-state index in [4.69, 9.17) is 0 Å². The Morgan fingerprint density at radius 3 is 2.88 bits per heavy atom. The molecule has 86 valence electrons. The van der Waals surface area contributed by atoms with E-state index in [1.807, 2.05) is 0 Å². The molecule has 16 heavy (non-hydrogen) atoms. The normalized spacial score (nSPS) is 32.9. The number of thioether (sulfide) groups is 2. The van der Waals surface area contributed by atoms with Crippen LogP contribution in [0.5, 0.6) is 0 Å². The number of benzene rings is 1. The standard InChI is InChI=1S/C13H15BrS2/c14-12-8-15-7-10(12)6-11-5-9-3-1-2-4-13(9)16-11/h1-4,10-12H,5-8H2. The van der Waals surface area contributed by atoms with Crippen LogP contribution in [-0.4, -0.2) is 21.6 Å². The van der Waals surface area contributed by atoms with Gasteiger partial charge in [0, 0.05) is 20.7 Å². The molecule has 0 aromatic heterocycles. The van der Waals surface area contributed by atoms with Crippen LogP contribution in [0.4, 0.5) is 0 Å². The minimum atomic E-state index is 0.752. The van der Waals surface area contributed by atoms with Crippen molar-refractivity contribution in [2.24, 2.45) is 5.92 Å². The minimum absolute atomic E-state index is 0.752. The summed E-state index contributed by atoms with van der Waals surface area (Å²) in [4.78, 5) is 2.27. The van der Waals surface area contributed by atoms with E-state index < -0.39 is 0 Å². The van der Waals surface area contributed by atoms with E-state index in [9.17, 15) is 0 Å². The number of hydrogen-bond acceptors (Lipinski definition) is 2. The van der Waals surface area contributed by atoms with Crippen molar-refractivity contribution in [3.8, 4) is 0 Å². The van der Waals surface area contributed by atoms with E-state index in [1.165, 1.54) is 29.2 Å². The zero-order valence-electron chi connectivity index (χ0n) is 9.06. The average molecular weight is 315 g/mol. The first-order chi connectivity index (χ1) is 7.83. The minimum Gasteiger partial charge on any atom is -0.161 e. The molecule has 1 saturated heterocycles. The number of halogens is 1. The molecule has 2 heterocycles. The maximum atomic E-state index is 3.82. The maximum Gasteiger partial charge on any atom is 0.0272 e. The SMILES string of the molecule is BrC1CSCC1CC1Cc2ccccc2S1. The van der Waals surface area contributed by atoms with E-state index >= 15 is 0 Å². The van der Waals surface area contributed by atoms with Crippen LogP contribution in [0, 0.1) is 5.92 Å². The fourth-order valence-electron chi connectivity index (χ4n) is 2.51. The second kappa shape index (κ2) is 4.95. The quantitative estimate of drug-likeness (QED) is 0.750. The summed E-state index contributed by atoms with van der Waals surface area (Å²) < 4.78 is 0. The largest absolute Gasteiger partial charge is 0.161 e. The highest BCUT2D eigenvalue weighted by Crippen LogP contribution is 2.42. The molecule has 0 N–H and O–H groups in total. The first kappa shape index (κ1) is 11.5. The number of fused-ring (bicyclic) bond motifs is 1. The van der Waals surface area contributed by atoms with Gasteiger partial charge in [0.25, 0.3) is 0 Å². The Labute approximate surface area is 114 Å². The first-order valence-corrected chi connectivity index (χ1v) is 8.74. The van der Waals surface area contributed by atoms with Crippen molar-refractivity contribution in [3.63, 3.8) is 0 Å². The molecule has 3 heteroatoms. The fraction of sp³-hybridized carbons (Fsp3) is 0.538. The summed E-state index contributed by atoms with van der Waals surface area (Å²) in [6.07, 6.45) is 2.66. The molecule has 0 saturated carbocycles. The summed E-state index contributed by atoms with van der Waals surface area (Å²) in [5.74, 6) is 3.54. The second-order valence-corrected chi connectivity index (χ2v) is 8.19. The van der Waals surface area contributed by atoms with Crippen molar-refractivity contribution in [1.29, 1.82) is 0 Å². The number of hydrogen-bond donors (Lipinski definition) is 0. The van der Waals surface area contributed by atoms with Gasteiger partial charge in [-0.15, -0.1) is 11.8 Å². The molecule has 0 radical (unpaired) electrons. The Bertz CT molecular complexity index is 355. The van der Waals surface area contributed by atoms with Crippen molar-refractivity contribution in [2.75, 3.05) is 11.5 Å². The highest BCUT2D eigenvalue weighted by Gasteiger charge is 2.31. The van der Waals surface area contributed by atoms with Gasteiger partial charge in [0.05, 0.1) is 0 Å². The Morgan fingerprint density at radius 1 is 1.25 bits per heavy atom. The highest BCUT2D eigenvalue weighted by molar-refractivity contribution is 9.09. The molecule has 2 aliphatic rings. The zero-order chi connectivity index (χ0) is 11.0. The monoisotopic (exact) mass is 314 g/mol. The molecular weight excluding hydrogens is 300 g/mol. The number of rotatable bonds is 2. The van der Waals surface area contributed by atoms with E-state index in [-0.39, 0.29) is 0 Å². The van der Waals surface area contributed by atoms with Gasteiger partial charge >= 0.3 is 0 Å². The van der Waals surface area contributed by atoms with Crippen LogP contribution in [0.1, 0.15) is 12.0 Å². The summed E-state index contributed by atoms with van der Waals surface area (Å²) in [6, 6.07) is 8.89. The molecular formula is C13H15BrS2. The predicted molar refractivity (Wildman–Crippen MR) is 77.9 cm³/mol. The van der Waals surface area contributed by atoms with Gasteiger partial charge < -0.3 is 0 Å². The first-order valence-electron chi connectivity index (χ1n) is 5.79. The summed E-state index contributed by atoms with van der Waals surface area (Å²) in [7, 11) is 0. The predicted octanol–water partition coefficient (Wildman–Crippen LogP) is 4.22. The third-order valence-corrected chi connectivity index (χ3v) is 7.50. The van der Waals surface area contributed by atoms with Gasteiger partial charge in [-0.3, -0.25) is 0 Å². The van der Waals surface area contributed by atoms with E-state index in [0.717, 1.165) is 16.0 Å². The summed E-state index contributed by atoms with van der Waals surface area (Å²) in [5.41, 5.74) is 1.56. The maximum absolute atomic E-state index is 3.82. The van der Waals surface area contributed by atoms with Crippen molar-refractivity contribution in [2.45, 2.75) is 27.8 Å². The van der Waals surface area contributed by atoms with Crippen LogP contribution < -0.4 is 0 Å². The zero-order valence-corrected chi connectivity index (χ0v) is 12.3. The van der Waals surface area contributed by atoms with Gasteiger partial charge in [0.1, 0.15) is 0 Å². The summed E-state index contributed by atoms with van der Waals surface area (Å²) in [5, 5.41) is 0.821. The van der Waals surface area contributed by atoms with Crippen LogP contribution in [0.15, 0.2) is 29.2 Å². The fourth-order valence-corrected chi connectivity index (χ4v) is 6.45. The van der Waals surface area contributed by atoms with Gasteiger partial charge in [-0.1, -0.05) is 34.1 Å². The van der Waals surface area contributed by atoms with E-state index in [2.05, 4.69) is 63.7 Å². The van der Waals surface area contributed by atoms with Gasteiger partial charge in [-0.25, -0.2) is 0 Å². The smallest absolute Gasteiger partial charge is 0.0272 e. The molecule has 0 nitrogen and oxygen atoms in total. The van der Waals surface area contributed by atoms with Crippen LogP contribution in [-0.2, 0) is 6.42 Å². The van der Waals surface area contributed by atoms with Crippen LogP contribution in [0.3, 0.4) is 0 Å². The van der Waals surface area contributed by atoms with Gasteiger partial charge in [-0.2, -0.15) is 11.8 Å². The Balaban J connectivity index is 1.63. The highest BCUT2D eigenvalue weighted by atomic mass is 79.9. The molecule has 3 unspecified atom stereocenters. The molecule has 0 bridgehead atoms. The molecule has 3 rings (SSSR count). The summed E-state index contributed by atoms with van der Waals surface area (Å²) >= 11 is 8.01. The molecule has 2 aliphatic heterocycles. The number of alkyl halides is 1. The van der Waals surface area contributed by atoms with E-state index in [0.29, 0.717) is 0 Å². The van der Waals surface area contributed by atoms with Crippen molar-refractivity contribution in [3.05, 3.63) is 29.8 Å². The van der Waals surface area contributed by atoms with Crippen molar-refractivity contribution in [1.82, 2.24) is 0 Å². The van der Waals surface area contributed by atoms with E-state index in [1.54, 1.807) is 5.56 Å². The molecule has 0 aliphatic carbocycles. The molecule has 1 aromatic carbocycles. The summed E-state index contributed by atoms with van der Waals surface area (Å²) in [6.45, 7) is 0. The van der Waals surface area contributed by atoms with Crippen LogP contribution in [0.2, 0.25) is 0 Å². The molecule has 0 spiro atoms. The molecule has 1 fully saturated rings. The van der Waals surface area contributed by atoms with Crippen LogP contribution in [0.25, 0.3) is 0 Å². The lowest BCUT2D eigenvalue weighted by molar-refractivity contribution is 0.549. The third kappa shape index (κ3) is 2.32. The van der Waals surface area contributed by atoms with Gasteiger partial charge in [0.15, 0.2) is 0 Å². The molecule has 1 aromatic rings. The van der Waals surface area contributed by atoms with Crippen molar-refractivity contribution < 1.29 is 0 Å². The molecule has 0 amide bonds. The Hall–Kier alpha value is 0.400. The molecule has 3 atom stereocenters.